The molecule has 0 aromatic rings. The van der Waals surface area contributed by atoms with Gasteiger partial charge in [0.25, 0.3) is 0 Å². The molecule has 1 heterocycles. The van der Waals surface area contributed by atoms with Gasteiger partial charge in [0.2, 0.25) is 0 Å². The summed E-state index contributed by atoms with van der Waals surface area (Å²) < 4.78 is 0. The second-order valence-corrected chi connectivity index (χ2v) is 4.83. The van der Waals surface area contributed by atoms with Crippen LogP contribution in [0.2, 0.25) is 0 Å². The van der Waals surface area contributed by atoms with Crippen molar-refractivity contribution in [1.29, 1.82) is 0 Å². The van der Waals surface area contributed by atoms with E-state index in [4.69, 9.17) is 10.2 Å². The zero-order valence-electron chi connectivity index (χ0n) is 11.9. The van der Waals surface area contributed by atoms with E-state index in [-0.39, 0.29) is 6.10 Å². The van der Waals surface area contributed by atoms with Gasteiger partial charge in [0.15, 0.2) is 0 Å². The summed E-state index contributed by atoms with van der Waals surface area (Å²) in [5.41, 5.74) is 0. The second-order valence-electron chi connectivity index (χ2n) is 4.83. The Bertz CT molecular complexity index is 152. The summed E-state index contributed by atoms with van der Waals surface area (Å²) >= 11 is 0. The molecule has 104 valence electrons. The molecule has 0 aromatic carbocycles. The molecule has 1 aliphatic heterocycles. The highest BCUT2D eigenvalue weighted by atomic mass is 16.3. The van der Waals surface area contributed by atoms with Gasteiger partial charge in [-0.15, -0.1) is 0 Å². The van der Waals surface area contributed by atoms with Crippen molar-refractivity contribution in [2.45, 2.75) is 59.0 Å². The summed E-state index contributed by atoms with van der Waals surface area (Å²) in [5.74, 6) is 0.898. The second kappa shape index (κ2) is 11.0. The molecular weight excluding hydrogens is 214 g/mol. The molecule has 2 fully saturated rings. The lowest BCUT2D eigenvalue weighted by molar-refractivity contribution is 0.0950. The third-order valence-corrected chi connectivity index (χ3v) is 3.37. The number of aliphatic hydroxyl groups is 2. The Morgan fingerprint density at radius 3 is 1.82 bits per heavy atom. The van der Waals surface area contributed by atoms with E-state index in [1.54, 1.807) is 0 Å². The highest BCUT2D eigenvalue weighted by Crippen LogP contribution is 2.16. The SMILES string of the molecule is CC.CC1CCN(CCO)CC1.OC1CCC1. The Balaban J connectivity index is 0.000000306. The van der Waals surface area contributed by atoms with E-state index in [1.165, 1.54) is 32.4 Å². The molecule has 0 spiro atoms. The normalized spacial score (nSPS) is 21.7. The van der Waals surface area contributed by atoms with E-state index in [0.717, 1.165) is 25.3 Å². The van der Waals surface area contributed by atoms with Gasteiger partial charge in [-0.3, -0.25) is 0 Å². The van der Waals surface area contributed by atoms with Gasteiger partial charge in [-0.05, 0) is 51.1 Å². The smallest absolute Gasteiger partial charge is 0.0558 e. The number of piperidine rings is 1. The maximum Gasteiger partial charge on any atom is 0.0558 e. The highest BCUT2D eigenvalue weighted by Gasteiger charge is 2.14. The molecule has 3 nitrogen and oxygen atoms in total. The number of aliphatic hydroxyl groups excluding tert-OH is 2. The Kier molecular flexibility index (Phi) is 10.9. The summed E-state index contributed by atoms with van der Waals surface area (Å²) in [6.45, 7) is 9.85. The molecule has 17 heavy (non-hydrogen) atoms. The number of nitrogens with zero attached hydrogens (tertiary/aromatic N) is 1. The van der Waals surface area contributed by atoms with Gasteiger partial charge in [0, 0.05) is 6.54 Å². The summed E-state index contributed by atoms with van der Waals surface area (Å²) in [6, 6.07) is 0. The van der Waals surface area contributed by atoms with E-state index < -0.39 is 0 Å². The van der Waals surface area contributed by atoms with E-state index in [9.17, 15) is 0 Å². The largest absolute Gasteiger partial charge is 0.395 e. The van der Waals surface area contributed by atoms with Crippen molar-refractivity contribution < 1.29 is 10.2 Å². The third-order valence-electron chi connectivity index (χ3n) is 3.37. The molecular formula is C14H31NO2. The minimum Gasteiger partial charge on any atom is -0.395 e. The zero-order valence-corrected chi connectivity index (χ0v) is 11.9. The molecule has 1 aliphatic carbocycles. The summed E-state index contributed by atoms with van der Waals surface area (Å²) in [4.78, 5) is 2.33. The summed E-state index contributed by atoms with van der Waals surface area (Å²) in [7, 11) is 0. The van der Waals surface area contributed by atoms with Crippen LogP contribution in [0.4, 0.5) is 0 Å². The van der Waals surface area contributed by atoms with Crippen LogP contribution in [0.3, 0.4) is 0 Å². The van der Waals surface area contributed by atoms with Gasteiger partial charge in [-0.25, -0.2) is 0 Å². The van der Waals surface area contributed by atoms with Crippen molar-refractivity contribution in [2.75, 3.05) is 26.2 Å². The first kappa shape index (κ1) is 16.9. The molecule has 1 saturated carbocycles. The molecule has 0 aromatic heterocycles. The molecule has 1 saturated heterocycles. The number of rotatable bonds is 2. The number of hydrogen-bond donors (Lipinski definition) is 2. The third kappa shape index (κ3) is 8.58. The van der Waals surface area contributed by atoms with Crippen LogP contribution in [0.15, 0.2) is 0 Å². The summed E-state index contributed by atoms with van der Waals surface area (Å²) in [6.07, 6.45) is 6.00. The Morgan fingerprint density at radius 2 is 1.53 bits per heavy atom. The molecule has 2 rings (SSSR count). The van der Waals surface area contributed by atoms with Gasteiger partial charge in [-0.2, -0.15) is 0 Å². The number of β-amino-alcohol motifs (C(OH)–C–C–N with tert-alkyl or cyclic N) is 1. The standard InChI is InChI=1S/C8H17NO.C4H8O.C2H6/c1-8-2-4-9(5-3-8)6-7-10;5-4-2-1-3-4;1-2/h8,10H,2-7H2,1H3;4-5H,1-3H2;1-2H3. The maximum absolute atomic E-state index is 8.64. The molecule has 0 bridgehead atoms. The molecule has 0 radical (unpaired) electrons. The van der Waals surface area contributed by atoms with E-state index >= 15 is 0 Å². The Hall–Kier alpha value is -0.120. The van der Waals surface area contributed by atoms with Crippen molar-refractivity contribution >= 4 is 0 Å². The quantitative estimate of drug-likeness (QED) is 0.784. The number of hydrogen-bond acceptors (Lipinski definition) is 3. The lowest BCUT2D eigenvalue weighted by atomic mass is 9.97. The lowest BCUT2D eigenvalue weighted by Crippen LogP contribution is -2.34. The minimum atomic E-state index is 0.0648. The van der Waals surface area contributed by atoms with Gasteiger partial charge >= 0.3 is 0 Å². The van der Waals surface area contributed by atoms with Crippen LogP contribution in [0.1, 0.15) is 52.9 Å². The van der Waals surface area contributed by atoms with Crippen LogP contribution in [0, 0.1) is 5.92 Å². The van der Waals surface area contributed by atoms with Crippen LogP contribution >= 0.6 is 0 Å². The zero-order chi connectivity index (χ0) is 13.1. The molecule has 0 unspecified atom stereocenters. The fraction of sp³-hybridized carbons (Fsp3) is 1.00. The Morgan fingerprint density at radius 1 is 1.06 bits per heavy atom. The van der Waals surface area contributed by atoms with Gasteiger partial charge in [-0.1, -0.05) is 20.8 Å². The van der Waals surface area contributed by atoms with Gasteiger partial charge in [0.1, 0.15) is 0 Å². The van der Waals surface area contributed by atoms with Crippen molar-refractivity contribution in [3.05, 3.63) is 0 Å². The van der Waals surface area contributed by atoms with Crippen LogP contribution in [0.5, 0.6) is 0 Å². The van der Waals surface area contributed by atoms with Gasteiger partial charge in [0.05, 0.1) is 12.7 Å². The predicted molar refractivity (Wildman–Crippen MR) is 73.1 cm³/mol. The van der Waals surface area contributed by atoms with Crippen molar-refractivity contribution in [2.24, 2.45) is 5.92 Å². The van der Waals surface area contributed by atoms with E-state index in [2.05, 4.69) is 11.8 Å². The first-order valence-corrected chi connectivity index (χ1v) is 7.23. The molecule has 3 heteroatoms. The topological polar surface area (TPSA) is 43.7 Å². The van der Waals surface area contributed by atoms with Crippen molar-refractivity contribution in [1.82, 2.24) is 4.90 Å². The first-order chi connectivity index (χ1) is 8.22. The fourth-order valence-electron chi connectivity index (χ4n) is 1.81. The molecule has 2 N–H and O–H groups in total. The fourth-order valence-corrected chi connectivity index (χ4v) is 1.81. The van der Waals surface area contributed by atoms with E-state index in [1.807, 2.05) is 13.8 Å². The van der Waals surface area contributed by atoms with Crippen LogP contribution < -0.4 is 0 Å². The Labute approximate surface area is 107 Å². The molecule has 0 atom stereocenters. The maximum atomic E-state index is 8.64. The average Bonchev–Trinajstić information content (AvgIpc) is 2.33. The summed E-state index contributed by atoms with van der Waals surface area (Å²) in [5, 5.41) is 17.1. The van der Waals surface area contributed by atoms with Crippen LogP contribution in [0.25, 0.3) is 0 Å². The lowest BCUT2D eigenvalue weighted by Gasteiger charge is -2.29. The number of likely N-dealkylation sites (tertiary alicyclic amines) is 1. The minimum absolute atomic E-state index is 0.0648. The highest BCUT2D eigenvalue weighted by molar-refractivity contribution is 4.68. The molecule has 2 aliphatic rings. The monoisotopic (exact) mass is 245 g/mol. The van der Waals surface area contributed by atoms with Crippen LogP contribution in [-0.4, -0.2) is 47.5 Å². The van der Waals surface area contributed by atoms with Crippen LogP contribution in [-0.2, 0) is 0 Å². The van der Waals surface area contributed by atoms with Crippen molar-refractivity contribution in [3.63, 3.8) is 0 Å². The van der Waals surface area contributed by atoms with Crippen molar-refractivity contribution in [3.8, 4) is 0 Å². The molecule has 0 amide bonds. The van der Waals surface area contributed by atoms with Gasteiger partial charge < -0.3 is 15.1 Å². The average molecular weight is 245 g/mol. The van der Waals surface area contributed by atoms with E-state index in [0.29, 0.717) is 6.61 Å². The first-order valence-electron chi connectivity index (χ1n) is 7.23. The predicted octanol–water partition coefficient (Wildman–Crippen LogP) is 2.27.